The van der Waals surface area contributed by atoms with Crippen LogP contribution in [-0.2, 0) is 10.0 Å². The Kier molecular flexibility index (Phi) is 6.93. The molecule has 5 nitrogen and oxygen atoms in total. The number of benzene rings is 2. The molecule has 0 aliphatic carbocycles. The maximum Gasteiger partial charge on any atom is 0.228 e. The van der Waals surface area contributed by atoms with Gasteiger partial charge < -0.3 is 0 Å². The molecule has 2 aromatic rings. The van der Waals surface area contributed by atoms with Crippen molar-refractivity contribution >= 4 is 28.6 Å². The van der Waals surface area contributed by atoms with Crippen molar-refractivity contribution in [2.75, 3.05) is 13.6 Å². The topological polar surface area (TPSA) is 61.4 Å². The van der Waals surface area contributed by atoms with Crippen LogP contribution in [0.4, 0.5) is 0 Å². The molecule has 0 amide bonds. The zero-order valence-corrected chi connectivity index (χ0v) is 21.0. The quantitative estimate of drug-likeness (QED) is 0.628. The highest BCUT2D eigenvalue weighted by Crippen LogP contribution is 2.35. The fourth-order valence-electron chi connectivity index (χ4n) is 4.69. The summed E-state index contributed by atoms with van der Waals surface area (Å²) in [4.78, 5) is 0. The van der Waals surface area contributed by atoms with E-state index in [0.29, 0.717) is 0 Å². The van der Waals surface area contributed by atoms with E-state index in [1.165, 1.54) is 5.41 Å². The van der Waals surface area contributed by atoms with E-state index >= 15 is 0 Å². The Morgan fingerprint density at radius 2 is 1.52 bits per heavy atom. The van der Waals surface area contributed by atoms with Crippen LogP contribution >= 0.6 is 0 Å². The number of hydrazine groups is 1. The minimum Gasteiger partial charge on any atom is -0.257 e. The Bertz CT molecular complexity index is 965. The molecule has 31 heavy (non-hydrogen) atoms. The van der Waals surface area contributed by atoms with Crippen LogP contribution in [0, 0.1) is 0 Å². The predicted octanol–water partition coefficient (Wildman–Crippen LogP) is 2.97. The van der Waals surface area contributed by atoms with E-state index in [2.05, 4.69) is 66.8 Å². The van der Waals surface area contributed by atoms with Crippen molar-refractivity contribution in [1.29, 1.82) is 0 Å². The highest BCUT2D eigenvalue weighted by atomic mass is 32.2. The molecule has 1 aliphatic rings. The molecule has 1 heterocycles. The molecule has 0 bridgehead atoms. The van der Waals surface area contributed by atoms with E-state index in [0.717, 1.165) is 29.8 Å². The van der Waals surface area contributed by atoms with Gasteiger partial charge in [-0.2, -0.15) is 0 Å². The molecule has 1 atom stereocenters. The molecule has 0 spiro atoms. The summed E-state index contributed by atoms with van der Waals surface area (Å²) >= 11 is 0. The average Bonchev–Trinajstić information content (AvgIpc) is 3.12. The second kappa shape index (κ2) is 9.00. The summed E-state index contributed by atoms with van der Waals surface area (Å²) in [6, 6.07) is 20.1. The van der Waals surface area contributed by atoms with E-state index in [-0.39, 0.29) is 10.6 Å². The van der Waals surface area contributed by atoms with Crippen LogP contribution in [0.15, 0.2) is 72.1 Å². The number of sulfonamides is 1. The predicted molar refractivity (Wildman–Crippen MR) is 132 cm³/mol. The first-order valence-electron chi connectivity index (χ1n) is 10.8. The molecule has 168 valence electrons. The fourth-order valence-corrected chi connectivity index (χ4v) is 12.8. The molecule has 0 aromatic heterocycles. The van der Waals surface area contributed by atoms with Crippen LogP contribution in [0.5, 0.6) is 0 Å². The molecule has 0 radical (unpaired) electrons. The average molecular weight is 458 g/mol. The zero-order valence-electron chi connectivity index (χ0n) is 19.2. The Balaban J connectivity index is 2.10. The van der Waals surface area contributed by atoms with Crippen molar-refractivity contribution in [3.05, 3.63) is 72.1 Å². The van der Waals surface area contributed by atoms with Gasteiger partial charge >= 0.3 is 0 Å². The van der Waals surface area contributed by atoms with Crippen molar-refractivity contribution in [1.82, 2.24) is 14.8 Å². The fraction of sp³-hybridized carbons (Fsp3) is 0.417. The van der Waals surface area contributed by atoms with Gasteiger partial charge in [0.05, 0.1) is 5.54 Å². The van der Waals surface area contributed by atoms with E-state index in [9.17, 15) is 8.42 Å². The lowest BCUT2D eigenvalue weighted by molar-refractivity contribution is 0.144. The third kappa shape index (κ3) is 4.86. The van der Waals surface area contributed by atoms with Crippen molar-refractivity contribution in [3.8, 4) is 0 Å². The van der Waals surface area contributed by atoms with Gasteiger partial charge in [-0.1, -0.05) is 87.5 Å². The molecule has 0 saturated carbocycles. The first-order valence-corrected chi connectivity index (χ1v) is 14.4. The minimum absolute atomic E-state index is 0.301. The van der Waals surface area contributed by atoms with Crippen LogP contribution in [0.2, 0.25) is 5.04 Å². The van der Waals surface area contributed by atoms with Crippen molar-refractivity contribution in [2.45, 2.75) is 51.1 Å². The van der Waals surface area contributed by atoms with Gasteiger partial charge in [-0.05, 0) is 42.2 Å². The second-order valence-electron chi connectivity index (χ2n) is 9.52. The van der Waals surface area contributed by atoms with Gasteiger partial charge in [0.1, 0.15) is 0 Å². The SMILES string of the molecule is CNN1CCC[C@]1(C)/C=C/S(=O)(=O)N[Si](c1ccccc1)(c1ccccc1)C(C)(C)C. The molecule has 1 saturated heterocycles. The van der Waals surface area contributed by atoms with Crippen LogP contribution in [0.1, 0.15) is 40.5 Å². The summed E-state index contributed by atoms with van der Waals surface area (Å²) in [7, 11) is -4.75. The molecular formula is C24H35N3O2SSi. The van der Waals surface area contributed by atoms with E-state index in [1.54, 1.807) is 0 Å². The molecule has 2 aromatic carbocycles. The van der Waals surface area contributed by atoms with Crippen molar-refractivity contribution in [2.24, 2.45) is 0 Å². The molecule has 0 unspecified atom stereocenters. The Labute approximate surface area is 188 Å². The molecular weight excluding hydrogens is 422 g/mol. The number of nitrogens with one attached hydrogen (secondary N) is 2. The Hall–Kier alpha value is -1.77. The van der Waals surface area contributed by atoms with Gasteiger partial charge in [-0.25, -0.2) is 17.8 Å². The van der Waals surface area contributed by atoms with Crippen molar-refractivity contribution < 1.29 is 8.42 Å². The lowest BCUT2D eigenvalue weighted by Crippen LogP contribution is -2.74. The Morgan fingerprint density at radius 1 is 1.00 bits per heavy atom. The van der Waals surface area contributed by atoms with Crippen LogP contribution in [0.25, 0.3) is 0 Å². The third-order valence-electron chi connectivity index (χ3n) is 6.39. The number of rotatable bonds is 7. The normalized spacial score (nSPS) is 21.1. The summed E-state index contributed by atoms with van der Waals surface area (Å²) in [5.74, 6) is 0. The van der Waals surface area contributed by atoms with E-state index < -0.39 is 18.3 Å². The molecule has 7 heteroatoms. The van der Waals surface area contributed by atoms with Gasteiger partial charge in [0, 0.05) is 12.0 Å². The highest BCUT2D eigenvalue weighted by molar-refractivity contribution is 7.94. The van der Waals surface area contributed by atoms with Gasteiger partial charge in [0.15, 0.2) is 0 Å². The number of hydrogen-bond acceptors (Lipinski definition) is 4. The minimum atomic E-state index is -3.70. The van der Waals surface area contributed by atoms with Gasteiger partial charge in [0.25, 0.3) is 0 Å². The Morgan fingerprint density at radius 3 is 1.97 bits per heavy atom. The van der Waals surface area contributed by atoms with Crippen LogP contribution in [0.3, 0.4) is 0 Å². The maximum absolute atomic E-state index is 13.5. The molecule has 1 aliphatic heterocycles. The number of hydrogen-bond donors (Lipinski definition) is 2. The lowest BCUT2D eigenvalue weighted by atomic mass is 10.0. The van der Waals surface area contributed by atoms with E-state index in [4.69, 9.17) is 0 Å². The van der Waals surface area contributed by atoms with E-state index in [1.807, 2.05) is 49.5 Å². The summed E-state index contributed by atoms with van der Waals surface area (Å²) in [5.41, 5.74) is 2.87. The van der Waals surface area contributed by atoms with Crippen LogP contribution in [-0.4, -0.2) is 40.8 Å². The first kappa shape index (κ1) is 23.9. The second-order valence-corrected chi connectivity index (χ2v) is 15.9. The monoisotopic (exact) mass is 457 g/mol. The van der Waals surface area contributed by atoms with Gasteiger partial charge in [0.2, 0.25) is 18.3 Å². The summed E-state index contributed by atoms with van der Waals surface area (Å²) in [5, 5.41) is 5.28. The van der Waals surface area contributed by atoms with Gasteiger partial charge in [-0.15, -0.1) is 0 Å². The number of nitrogens with zero attached hydrogens (tertiary/aromatic N) is 1. The summed E-state index contributed by atoms with van der Waals surface area (Å²) < 4.78 is 30.3. The zero-order chi connectivity index (χ0) is 22.8. The summed E-state index contributed by atoms with van der Waals surface area (Å²) in [6.07, 6.45) is 3.78. The molecule has 3 rings (SSSR count). The summed E-state index contributed by atoms with van der Waals surface area (Å²) in [6.45, 7) is 9.37. The van der Waals surface area contributed by atoms with Crippen LogP contribution < -0.4 is 20.2 Å². The third-order valence-corrected chi connectivity index (χ3v) is 13.9. The molecule has 1 fully saturated rings. The smallest absolute Gasteiger partial charge is 0.228 e. The lowest BCUT2D eigenvalue weighted by Gasteiger charge is -2.43. The first-order chi connectivity index (χ1) is 14.5. The standard InChI is InChI=1S/C24H35N3O2SSi/c1-23(2,3)31(21-13-8-6-9-14-21,22-15-10-7-11-16-22)26-30(28,29)20-18-24(4)17-12-19-27(24)25-5/h6-11,13-16,18,20,25-26H,12,17,19H2,1-5H3/b20-18+/t24-/m1/s1. The largest absolute Gasteiger partial charge is 0.257 e. The van der Waals surface area contributed by atoms with Gasteiger partial charge in [-0.3, -0.25) is 5.43 Å². The van der Waals surface area contributed by atoms with Crippen molar-refractivity contribution in [3.63, 3.8) is 0 Å². The highest BCUT2D eigenvalue weighted by Gasteiger charge is 2.50. The maximum atomic E-state index is 13.5. The molecule has 2 N–H and O–H groups in total.